The van der Waals surface area contributed by atoms with E-state index >= 15 is 0 Å². The van der Waals surface area contributed by atoms with Crippen molar-refractivity contribution < 1.29 is 13.2 Å². The Morgan fingerprint density at radius 3 is 2.43 bits per heavy atom. The molecule has 1 saturated heterocycles. The summed E-state index contributed by atoms with van der Waals surface area (Å²) in [4.78, 5) is 15.0. The van der Waals surface area contributed by atoms with Gasteiger partial charge >= 0.3 is 0 Å². The predicted octanol–water partition coefficient (Wildman–Crippen LogP) is 2.71. The SMILES string of the molecule is CN1CCN(S(=O)(=O)c2cccc(C(=O)NCc3cccc4ccccc34)c2)CC1. The standard InChI is InChI=1S/C23H25N3O3S/c1-25-12-14-26(15-13-25)30(28,29)21-10-5-8-19(16-21)23(27)24-17-20-9-4-7-18-6-2-3-11-22(18)20/h2-11,16H,12-15,17H2,1H3,(H,24,27). The van der Waals surface area contributed by atoms with Crippen molar-refractivity contribution in [3.05, 3.63) is 77.9 Å². The predicted molar refractivity (Wildman–Crippen MR) is 118 cm³/mol. The topological polar surface area (TPSA) is 69.7 Å². The second kappa shape index (κ2) is 8.55. The number of sulfonamides is 1. The number of rotatable bonds is 5. The highest BCUT2D eigenvalue weighted by molar-refractivity contribution is 7.89. The normalized spacial score (nSPS) is 15.9. The Morgan fingerprint density at radius 1 is 0.933 bits per heavy atom. The van der Waals surface area contributed by atoms with Gasteiger partial charge in [0.15, 0.2) is 0 Å². The van der Waals surface area contributed by atoms with E-state index in [-0.39, 0.29) is 10.8 Å². The average Bonchev–Trinajstić information content (AvgIpc) is 2.78. The molecular formula is C23H25N3O3S. The highest BCUT2D eigenvalue weighted by atomic mass is 32.2. The molecule has 7 heteroatoms. The Kier molecular flexibility index (Phi) is 5.85. The summed E-state index contributed by atoms with van der Waals surface area (Å²) in [7, 11) is -1.63. The van der Waals surface area contributed by atoms with Crippen LogP contribution in [0.25, 0.3) is 10.8 Å². The minimum Gasteiger partial charge on any atom is -0.348 e. The average molecular weight is 424 g/mol. The zero-order chi connectivity index (χ0) is 21.1. The second-order valence-electron chi connectivity index (χ2n) is 7.56. The molecule has 3 aromatic carbocycles. The Hall–Kier alpha value is -2.74. The van der Waals surface area contributed by atoms with Crippen LogP contribution in [0.2, 0.25) is 0 Å². The third-order valence-corrected chi connectivity index (χ3v) is 7.41. The van der Waals surface area contributed by atoms with Crippen LogP contribution in [0.15, 0.2) is 71.6 Å². The monoisotopic (exact) mass is 423 g/mol. The molecule has 1 heterocycles. The molecule has 0 bridgehead atoms. The second-order valence-corrected chi connectivity index (χ2v) is 9.49. The smallest absolute Gasteiger partial charge is 0.251 e. The molecule has 0 unspecified atom stereocenters. The number of likely N-dealkylation sites (N-methyl/N-ethyl adjacent to an activating group) is 1. The zero-order valence-electron chi connectivity index (χ0n) is 16.9. The van der Waals surface area contributed by atoms with Crippen molar-refractivity contribution in [3.63, 3.8) is 0 Å². The molecule has 1 N–H and O–H groups in total. The van der Waals surface area contributed by atoms with Gasteiger partial charge in [-0.15, -0.1) is 0 Å². The Labute approximate surface area is 177 Å². The molecule has 6 nitrogen and oxygen atoms in total. The van der Waals surface area contributed by atoms with E-state index < -0.39 is 10.0 Å². The molecule has 3 aromatic rings. The van der Waals surface area contributed by atoms with E-state index in [1.54, 1.807) is 18.2 Å². The molecule has 1 aliphatic heterocycles. The summed E-state index contributed by atoms with van der Waals surface area (Å²) in [5.74, 6) is -0.293. The van der Waals surface area contributed by atoms with E-state index in [4.69, 9.17) is 0 Å². The van der Waals surface area contributed by atoms with Gasteiger partial charge in [-0.2, -0.15) is 4.31 Å². The van der Waals surface area contributed by atoms with Crippen molar-refractivity contribution in [1.29, 1.82) is 0 Å². The summed E-state index contributed by atoms with van der Waals surface area (Å²) in [6.07, 6.45) is 0. The van der Waals surface area contributed by atoms with Crippen LogP contribution in [0, 0.1) is 0 Å². The molecule has 1 aliphatic rings. The molecule has 0 spiro atoms. The van der Waals surface area contributed by atoms with Gasteiger partial charge in [-0.1, -0.05) is 48.5 Å². The van der Waals surface area contributed by atoms with Crippen molar-refractivity contribution in [3.8, 4) is 0 Å². The zero-order valence-corrected chi connectivity index (χ0v) is 17.7. The highest BCUT2D eigenvalue weighted by Gasteiger charge is 2.27. The molecule has 1 fully saturated rings. The number of amides is 1. The Balaban J connectivity index is 1.50. The lowest BCUT2D eigenvalue weighted by Crippen LogP contribution is -2.47. The van der Waals surface area contributed by atoms with E-state index in [1.165, 1.54) is 10.4 Å². The van der Waals surface area contributed by atoms with Crippen LogP contribution in [0.3, 0.4) is 0 Å². The first-order valence-electron chi connectivity index (χ1n) is 9.99. The first kappa shape index (κ1) is 20.5. The van der Waals surface area contributed by atoms with Gasteiger partial charge < -0.3 is 10.2 Å². The number of benzene rings is 3. The largest absolute Gasteiger partial charge is 0.348 e. The van der Waals surface area contributed by atoms with E-state index in [2.05, 4.69) is 10.2 Å². The molecule has 156 valence electrons. The summed E-state index contributed by atoms with van der Waals surface area (Å²) < 4.78 is 27.4. The third kappa shape index (κ3) is 4.23. The molecule has 4 rings (SSSR count). The number of carbonyl (C=O) groups excluding carboxylic acids is 1. The number of nitrogens with zero attached hydrogens (tertiary/aromatic N) is 2. The van der Waals surface area contributed by atoms with Crippen molar-refractivity contribution >= 4 is 26.7 Å². The van der Waals surface area contributed by atoms with E-state index in [0.717, 1.165) is 16.3 Å². The number of piperazine rings is 1. The number of hydrogen-bond donors (Lipinski definition) is 1. The first-order chi connectivity index (χ1) is 14.4. The lowest BCUT2D eigenvalue weighted by Gasteiger charge is -2.31. The molecule has 0 atom stereocenters. The number of nitrogens with one attached hydrogen (secondary N) is 1. The Bertz CT molecular complexity index is 1160. The first-order valence-corrected chi connectivity index (χ1v) is 11.4. The van der Waals surface area contributed by atoms with Crippen LogP contribution in [0.4, 0.5) is 0 Å². The van der Waals surface area contributed by atoms with Gasteiger partial charge in [0, 0.05) is 38.3 Å². The fourth-order valence-corrected chi connectivity index (χ4v) is 5.17. The fourth-order valence-electron chi connectivity index (χ4n) is 3.70. The number of hydrogen-bond acceptors (Lipinski definition) is 4. The molecule has 0 saturated carbocycles. The lowest BCUT2D eigenvalue weighted by molar-refractivity contribution is 0.0951. The summed E-state index contributed by atoms with van der Waals surface area (Å²) in [6, 6.07) is 20.3. The van der Waals surface area contributed by atoms with E-state index in [0.29, 0.717) is 38.3 Å². The van der Waals surface area contributed by atoms with E-state index in [1.807, 2.05) is 49.5 Å². The maximum atomic E-state index is 13.0. The summed E-state index contributed by atoms with van der Waals surface area (Å²) in [5.41, 5.74) is 1.35. The quantitative estimate of drug-likeness (QED) is 0.685. The maximum Gasteiger partial charge on any atom is 0.251 e. The molecule has 0 aromatic heterocycles. The van der Waals surface area contributed by atoms with Gasteiger partial charge in [-0.05, 0) is 41.6 Å². The van der Waals surface area contributed by atoms with Crippen LogP contribution < -0.4 is 5.32 Å². The third-order valence-electron chi connectivity index (χ3n) is 5.52. The molecule has 0 aliphatic carbocycles. The van der Waals surface area contributed by atoms with Crippen molar-refractivity contribution in [2.75, 3.05) is 33.2 Å². The van der Waals surface area contributed by atoms with Crippen molar-refractivity contribution in [2.24, 2.45) is 0 Å². The van der Waals surface area contributed by atoms with Crippen LogP contribution in [0.1, 0.15) is 15.9 Å². The Morgan fingerprint density at radius 2 is 1.63 bits per heavy atom. The van der Waals surface area contributed by atoms with E-state index in [9.17, 15) is 13.2 Å². The minimum absolute atomic E-state index is 0.157. The highest BCUT2D eigenvalue weighted by Crippen LogP contribution is 2.20. The summed E-state index contributed by atoms with van der Waals surface area (Å²) >= 11 is 0. The summed E-state index contributed by atoms with van der Waals surface area (Å²) in [6.45, 7) is 2.68. The minimum atomic E-state index is -3.61. The van der Waals surface area contributed by atoms with Crippen molar-refractivity contribution in [1.82, 2.24) is 14.5 Å². The maximum absolute atomic E-state index is 13.0. The van der Waals surface area contributed by atoms with Gasteiger partial charge in [-0.25, -0.2) is 8.42 Å². The van der Waals surface area contributed by atoms with Gasteiger partial charge in [0.25, 0.3) is 5.91 Å². The number of carbonyl (C=O) groups is 1. The fraction of sp³-hybridized carbons (Fsp3) is 0.261. The van der Waals surface area contributed by atoms with Crippen LogP contribution >= 0.6 is 0 Å². The van der Waals surface area contributed by atoms with Gasteiger partial charge in [0.05, 0.1) is 4.90 Å². The van der Waals surface area contributed by atoms with Crippen molar-refractivity contribution in [2.45, 2.75) is 11.4 Å². The van der Waals surface area contributed by atoms with Crippen LogP contribution in [-0.4, -0.2) is 56.8 Å². The lowest BCUT2D eigenvalue weighted by atomic mass is 10.0. The van der Waals surface area contributed by atoms with Gasteiger partial charge in [0.2, 0.25) is 10.0 Å². The molecular weight excluding hydrogens is 398 g/mol. The molecule has 0 radical (unpaired) electrons. The molecule has 1 amide bonds. The van der Waals surface area contributed by atoms with Gasteiger partial charge in [0.1, 0.15) is 0 Å². The summed E-state index contributed by atoms with van der Waals surface area (Å²) in [5, 5.41) is 5.12. The number of fused-ring (bicyclic) bond motifs is 1. The van der Waals surface area contributed by atoms with Crippen LogP contribution in [-0.2, 0) is 16.6 Å². The molecule has 30 heavy (non-hydrogen) atoms. The van der Waals surface area contributed by atoms with Gasteiger partial charge in [-0.3, -0.25) is 4.79 Å². The van der Waals surface area contributed by atoms with Crippen LogP contribution in [0.5, 0.6) is 0 Å².